The van der Waals surface area contributed by atoms with E-state index in [4.69, 9.17) is 16.0 Å². The second-order valence-electron chi connectivity index (χ2n) is 5.35. The molecule has 0 spiro atoms. The highest BCUT2D eigenvalue weighted by molar-refractivity contribution is 6.30. The Balaban J connectivity index is 1.83. The normalized spacial score (nSPS) is 18.2. The fourth-order valence-electron chi connectivity index (χ4n) is 2.95. The Morgan fingerprint density at radius 3 is 2.74 bits per heavy atom. The van der Waals surface area contributed by atoms with Crippen LogP contribution < -0.4 is 5.32 Å². The van der Waals surface area contributed by atoms with E-state index >= 15 is 0 Å². The van der Waals surface area contributed by atoms with Crippen molar-refractivity contribution in [1.29, 1.82) is 0 Å². The maximum Gasteiger partial charge on any atom is 0.199 e. The number of aliphatic hydroxyl groups excluding tert-OH is 1. The Morgan fingerprint density at radius 1 is 1.26 bits per heavy atom. The number of benzene rings is 1. The van der Waals surface area contributed by atoms with Crippen LogP contribution >= 0.6 is 11.6 Å². The molecule has 4 heteroatoms. The van der Waals surface area contributed by atoms with Crippen LogP contribution in [0, 0.1) is 0 Å². The second-order valence-corrected chi connectivity index (χ2v) is 5.69. The van der Waals surface area contributed by atoms with E-state index in [2.05, 4.69) is 5.32 Å². The first-order chi connectivity index (χ1) is 9.24. The summed E-state index contributed by atoms with van der Waals surface area (Å²) in [6.07, 6.45) is 4.40. The molecule has 0 atom stereocenters. The average Bonchev–Trinajstić information content (AvgIpc) is 3.01. The van der Waals surface area contributed by atoms with Gasteiger partial charge in [0.1, 0.15) is 5.58 Å². The number of hydrogen-bond acceptors (Lipinski definition) is 3. The predicted octanol–water partition coefficient (Wildman–Crippen LogP) is 3.48. The summed E-state index contributed by atoms with van der Waals surface area (Å²) in [5.41, 5.74) is 1.66. The number of aliphatic hydroxyl groups is 1. The van der Waals surface area contributed by atoms with Gasteiger partial charge in [0.2, 0.25) is 0 Å². The molecule has 1 aromatic carbocycles. The highest BCUT2D eigenvalue weighted by Crippen LogP contribution is 2.33. The van der Waals surface area contributed by atoms with Crippen molar-refractivity contribution in [3.8, 4) is 0 Å². The van der Waals surface area contributed by atoms with Crippen LogP contribution in [0.15, 0.2) is 28.7 Å². The molecule has 2 aromatic rings. The Labute approximate surface area is 117 Å². The van der Waals surface area contributed by atoms with E-state index in [0.29, 0.717) is 11.8 Å². The molecule has 0 amide bonds. The second kappa shape index (κ2) is 5.16. The molecule has 0 saturated heterocycles. The topological polar surface area (TPSA) is 45.4 Å². The Morgan fingerprint density at radius 2 is 2.00 bits per heavy atom. The maximum atomic E-state index is 9.61. The lowest BCUT2D eigenvalue weighted by molar-refractivity contribution is 0.163. The number of fused-ring (bicyclic) bond motifs is 1. The number of halogens is 1. The molecule has 3 rings (SSSR count). The van der Waals surface area contributed by atoms with Gasteiger partial charge in [0.05, 0.1) is 6.61 Å². The first-order valence-electron chi connectivity index (χ1n) is 6.76. The predicted molar refractivity (Wildman–Crippen MR) is 76.3 cm³/mol. The third-order valence-electron chi connectivity index (χ3n) is 4.15. The summed E-state index contributed by atoms with van der Waals surface area (Å²) in [6.45, 7) is 0.816. The average molecular weight is 280 g/mol. The van der Waals surface area contributed by atoms with Crippen molar-refractivity contribution >= 4 is 22.6 Å². The summed E-state index contributed by atoms with van der Waals surface area (Å²) >= 11 is 6.17. The van der Waals surface area contributed by atoms with Gasteiger partial charge in [0.25, 0.3) is 0 Å². The summed E-state index contributed by atoms with van der Waals surface area (Å²) in [5, 5.41) is 14.6. The van der Waals surface area contributed by atoms with Gasteiger partial charge in [0.15, 0.2) is 5.22 Å². The first kappa shape index (κ1) is 13.0. The molecule has 1 aliphatic carbocycles. The fraction of sp³-hybridized carbons (Fsp3) is 0.467. The smallest absolute Gasteiger partial charge is 0.199 e. The van der Waals surface area contributed by atoms with E-state index in [1.807, 2.05) is 24.3 Å². The van der Waals surface area contributed by atoms with Crippen LogP contribution in [-0.4, -0.2) is 17.3 Å². The van der Waals surface area contributed by atoms with Crippen LogP contribution in [0.2, 0.25) is 5.22 Å². The number of para-hydroxylation sites is 1. The van der Waals surface area contributed by atoms with Crippen LogP contribution in [-0.2, 0) is 6.54 Å². The molecule has 0 unspecified atom stereocenters. The largest absolute Gasteiger partial charge is 0.444 e. The molecule has 0 aliphatic heterocycles. The van der Waals surface area contributed by atoms with Gasteiger partial charge < -0.3 is 14.8 Å². The van der Waals surface area contributed by atoms with E-state index in [0.717, 1.165) is 29.4 Å². The van der Waals surface area contributed by atoms with Gasteiger partial charge in [-0.1, -0.05) is 31.0 Å². The van der Waals surface area contributed by atoms with Crippen molar-refractivity contribution in [1.82, 2.24) is 5.32 Å². The van der Waals surface area contributed by atoms with Crippen LogP contribution in [0.1, 0.15) is 31.2 Å². The van der Waals surface area contributed by atoms with E-state index in [-0.39, 0.29) is 12.1 Å². The van der Waals surface area contributed by atoms with Gasteiger partial charge in [-0.25, -0.2) is 0 Å². The van der Waals surface area contributed by atoms with Crippen LogP contribution in [0.25, 0.3) is 11.0 Å². The molecule has 0 bridgehead atoms. The molecular formula is C15H18ClNO2. The van der Waals surface area contributed by atoms with Gasteiger partial charge in [-0.15, -0.1) is 0 Å². The van der Waals surface area contributed by atoms with Gasteiger partial charge in [-0.3, -0.25) is 0 Å². The molecular weight excluding hydrogens is 262 g/mol. The van der Waals surface area contributed by atoms with E-state index in [9.17, 15) is 5.11 Å². The fourth-order valence-corrected chi connectivity index (χ4v) is 3.20. The van der Waals surface area contributed by atoms with Crippen LogP contribution in [0.3, 0.4) is 0 Å². The minimum atomic E-state index is -0.137. The van der Waals surface area contributed by atoms with Crippen molar-refractivity contribution in [2.45, 2.75) is 37.8 Å². The van der Waals surface area contributed by atoms with Gasteiger partial charge in [-0.2, -0.15) is 0 Å². The molecule has 2 N–H and O–H groups in total. The molecule has 1 saturated carbocycles. The molecule has 1 aliphatic rings. The SMILES string of the molecule is OCC1(NCc2c(Cl)oc3ccccc23)CCCC1. The molecule has 3 nitrogen and oxygen atoms in total. The maximum absolute atomic E-state index is 9.61. The molecule has 19 heavy (non-hydrogen) atoms. The number of nitrogens with one attached hydrogen (secondary N) is 1. The molecule has 102 valence electrons. The zero-order chi connectivity index (χ0) is 13.3. The third kappa shape index (κ3) is 2.38. The van der Waals surface area contributed by atoms with Gasteiger partial charge in [-0.05, 0) is 30.5 Å². The number of furan rings is 1. The molecule has 1 fully saturated rings. The van der Waals surface area contributed by atoms with Crippen molar-refractivity contribution < 1.29 is 9.52 Å². The monoisotopic (exact) mass is 279 g/mol. The summed E-state index contributed by atoms with van der Waals surface area (Å²) in [7, 11) is 0. The standard InChI is InChI=1S/C15H18ClNO2/c16-14-12(11-5-1-2-6-13(11)19-14)9-17-15(10-18)7-3-4-8-15/h1-2,5-6,17-18H,3-4,7-10H2. The number of hydrogen-bond donors (Lipinski definition) is 2. The van der Waals surface area contributed by atoms with Gasteiger partial charge >= 0.3 is 0 Å². The van der Waals surface area contributed by atoms with E-state index < -0.39 is 0 Å². The Kier molecular flexibility index (Phi) is 3.52. The van der Waals surface area contributed by atoms with Crippen molar-refractivity contribution in [2.24, 2.45) is 0 Å². The van der Waals surface area contributed by atoms with E-state index in [1.54, 1.807) is 0 Å². The summed E-state index contributed by atoms with van der Waals surface area (Å²) < 4.78 is 5.54. The third-order valence-corrected chi connectivity index (χ3v) is 4.46. The Hall–Kier alpha value is -1.03. The molecule has 1 heterocycles. The minimum absolute atomic E-state index is 0.137. The lowest BCUT2D eigenvalue weighted by Gasteiger charge is -2.28. The van der Waals surface area contributed by atoms with Crippen molar-refractivity contribution in [2.75, 3.05) is 6.61 Å². The van der Waals surface area contributed by atoms with Crippen LogP contribution in [0.5, 0.6) is 0 Å². The Bertz CT molecular complexity index is 573. The zero-order valence-corrected chi connectivity index (χ0v) is 11.5. The van der Waals surface area contributed by atoms with Crippen molar-refractivity contribution in [3.63, 3.8) is 0 Å². The summed E-state index contributed by atoms with van der Waals surface area (Å²) in [6, 6.07) is 7.85. The highest BCUT2D eigenvalue weighted by atomic mass is 35.5. The first-order valence-corrected chi connectivity index (χ1v) is 7.14. The van der Waals surface area contributed by atoms with Crippen LogP contribution in [0.4, 0.5) is 0 Å². The van der Waals surface area contributed by atoms with Crippen molar-refractivity contribution in [3.05, 3.63) is 35.0 Å². The molecule has 0 radical (unpaired) electrons. The highest BCUT2D eigenvalue weighted by Gasteiger charge is 2.32. The summed E-state index contributed by atoms with van der Waals surface area (Å²) in [5.74, 6) is 0. The molecule has 1 aromatic heterocycles. The quantitative estimate of drug-likeness (QED) is 0.901. The zero-order valence-electron chi connectivity index (χ0n) is 10.8. The van der Waals surface area contributed by atoms with Gasteiger partial charge in [0, 0.05) is 23.0 Å². The van der Waals surface area contributed by atoms with E-state index in [1.165, 1.54) is 12.8 Å². The lowest BCUT2D eigenvalue weighted by Crippen LogP contribution is -2.45. The number of rotatable bonds is 4. The minimum Gasteiger partial charge on any atom is -0.444 e. The summed E-state index contributed by atoms with van der Waals surface area (Å²) in [4.78, 5) is 0. The lowest BCUT2D eigenvalue weighted by atomic mass is 9.98.